The Bertz CT molecular complexity index is 715. The third-order valence-electron chi connectivity index (χ3n) is 2.38. The van der Waals surface area contributed by atoms with Gasteiger partial charge in [-0.3, -0.25) is 0 Å². The monoisotopic (exact) mass is 274 g/mol. The van der Waals surface area contributed by atoms with Gasteiger partial charge in [-0.15, -0.1) is 0 Å². The van der Waals surface area contributed by atoms with Crippen LogP contribution >= 0.6 is 11.6 Å². The first-order valence-electron chi connectivity index (χ1n) is 5.34. The number of rotatable bonds is 2. The van der Waals surface area contributed by atoms with Crippen LogP contribution in [-0.2, 0) is 0 Å². The Kier molecular flexibility index (Phi) is 2.85. The molecule has 0 aliphatic carbocycles. The van der Waals surface area contributed by atoms with Crippen LogP contribution in [-0.4, -0.2) is 25.2 Å². The van der Waals surface area contributed by atoms with Crippen molar-refractivity contribution in [2.24, 2.45) is 0 Å². The molecule has 0 saturated heterocycles. The third-order valence-corrected chi connectivity index (χ3v) is 2.62. The quantitative estimate of drug-likeness (QED) is 0.773. The number of phenols is 1. The topological polar surface area (TPSA) is 84.9 Å². The average Bonchev–Trinajstić information content (AvgIpc) is 2.89. The molecule has 0 bridgehead atoms. The summed E-state index contributed by atoms with van der Waals surface area (Å²) in [5.41, 5.74) is 0.402. The van der Waals surface area contributed by atoms with Gasteiger partial charge in [-0.1, -0.05) is 16.8 Å². The number of aromatic nitrogens is 4. The molecule has 19 heavy (non-hydrogen) atoms. The zero-order valence-electron chi connectivity index (χ0n) is 9.49. The summed E-state index contributed by atoms with van der Waals surface area (Å²) in [6.45, 7) is 0. The van der Waals surface area contributed by atoms with E-state index in [4.69, 9.17) is 16.1 Å². The van der Waals surface area contributed by atoms with Crippen LogP contribution in [0.1, 0.15) is 0 Å². The van der Waals surface area contributed by atoms with Crippen molar-refractivity contribution in [2.45, 2.75) is 0 Å². The van der Waals surface area contributed by atoms with Gasteiger partial charge in [-0.05, 0) is 24.3 Å². The summed E-state index contributed by atoms with van der Waals surface area (Å²) in [5.74, 6) is 0.754. The van der Waals surface area contributed by atoms with E-state index >= 15 is 0 Å². The van der Waals surface area contributed by atoms with Crippen LogP contribution in [0.25, 0.3) is 23.1 Å². The molecule has 0 fully saturated rings. The van der Waals surface area contributed by atoms with Crippen molar-refractivity contribution in [3.8, 4) is 28.9 Å². The van der Waals surface area contributed by atoms with E-state index in [2.05, 4.69) is 20.1 Å². The highest BCUT2D eigenvalue weighted by Gasteiger charge is 2.15. The lowest BCUT2D eigenvalue weighted by molar-refractivity contribution is 0.425. The fourth-order valence-electron chi connectivity index (χ4n) is 1.52. The molecule has 0 aliphatic heterocycles. The summed E-state index contributed by atoms with van der Waals surface area (Å²) in [6.07, 6.45) is 3.16. The maximum Gasteiger partial charge on any atom is 0.262 e. The molecule has 2 aromatic heterocycles. The molecule has 0 amide bonds. The minimum absolute atomic E-state index is 0.0309. The van der Waals surface area contributed by atoms with Crippen molar-refractivity contribution >= 4 is 11.6 Å². The Morgan fingerprint density at radius 2 is 1.89 bits per heavy atom. The number of phenolic OH excluding ortho intramolecular Hbond substituents is 1. The Morgan fingerprint density at radius 3 is 2.63 bits per heavy atom. The van der Waals surface area contributed by atoms with Crippen molar-refractivity contribution in [1.82, 2.24) is 20.1 Å². The Balaban J connectivity index is 2.02. The molecule has 1 N–H and O–H groups in total. The summed E-state index contributed by atoms with van der Waals surface area (Å²) in [6, 6.07) is 6.32. The molecule has 0 spiro atoms. The van der Waals surface area contributed by atoms with Gasteiger partial charge in [-0.25, -0.2) is 9.97 Å². The standard InChI is InChI=1S/C12H7ClN4O2/c13-7-2-3-8(9(18)6-7)12-16-11(17-19-12)10-14-4-1-5-15-10/h1-6,18H. The average molecular weight is 275 g/mol. The lowest BCUT2D eigenvalue weighted by Gasteiger charge is -1.98. The molecular formula is C12H7ClN4O2. The Morgan fingerprint density at radius 1 is 1.11 bits per heavy atom. The molecule has 6 nitrogen and oxygen atoms in total. The first kappa shape index (κ1) is 11.6. The molecule has 2 heterocycles. The highest BCUT2D eigenvalue weighted by molar-refractivity contribution is 6.30. The van der Waals surface area contributed by atoms with Crippen LogP contribution in [0, 0.1) is 0 Å². The van der Waals surface area contributed by atoms with Gasteiger partial charge in [0.15, 0.2) is 0 Å². The molecule has 7 heteroatoms. The Hall–Kier alpha value is -2.47. The van der Waals surface area contributed by atoms with Gasteiger partial charge in [0, 0.05) is 17.4 Å². The van der Waals surface area contributed by atoms with E-state index in [1.54, 1.807) is 30.6 Å². The maximum atomic E-state index is 9.78. The molecule has 0 aliphatic rings. The van der Waals surface area contributed by atoms with Gasteiger partial charge in [0.25, 0.3) is 5.89 Å². The van der Waals surface area contributed by atoms with Gasteiger partial charge in [0.05, 0.1) is 5.56 Å². The lowest BCUT2D eigenvalue weighted by Crippen LogP contribution is -1.88. The fourth-order valence-corrected chi connectivity index (χ4v) is 1.69. The van der Waals surface area contributed by atoms with Gasteiger partial charge in [0.1, 0.15) is 5.75 Å². The molecule has 0 radical (unpaired) electrons. The first-order valence-corrected chi connectivity index (χ1v) is 5.72. The summed E-state index contributed by atoms with van der Waals surface area (Å²) in [7, 11) is 0. The molecule has 0 saturated carbocycles. The second kappa shape index (κ2) is 4.66. The molecule has 3 rings (SSSR count). The van der Waals surface area contributed by atoms with Gasteiger partial charge >= 0.3 is 0 Å². The number of aromatic hydroxyl groups is 1. The van der Waals surface area contributed by atoms with Crippen LogP contribution in [0.3, 0.4) is 0 Å². The number of benzene rings is 1. The molecule has 1 aromatic carbocycles. The van der Waals surface area contributed by atoms with E-state index < -0.39 is 0 Å². The summed E-state index contributed by atoms with van der Waals surface area (Å²) in [5, 5.41) is 14.0. The summed E-state index contributed by atoms with van der Waals surface area (Å²) >= 11 is 5.76. The van der Waals surface area contributed by atoms with E-state index in [0.29, 0.717) is 16.4 Å². The summed E-state index contributed by atoms with van der Waals surface area (Å²) in [4.78, 5) is 12.2. The number of nitrogens with zero attached hydrogens (tertiary/aromatic N) is 4. The van der Waals surface area contributed by atoms with Crippen molar-refractivity contribution in [3.05, 3.63) is 41.7 Å². The van der Waals surface area contributed by atoms with E-state index in [-0.39, 0.29) is 17.5 Å². The van der Waals surface area contributed by atoms with Crippen LogP contribution in [0.5, 0.6) is 5.75 Å². The molecular weight excluding hydrogens is 268 g/mol. The van der Waals surface area contributed by atoms with Crippen LogP contribution in [0.4, 0.5) is 0 Å². The lowest BCUT2D eigenvalue weighted by atomic mass is 10.2. The zero-order chi connectivity index (χ0) is 13.2. The van der Waals surface area contributed by atoms with Crippen molar-refractivity contribution in [1.29, 1.82) is 0 Å². The number of halogens is 1. The zero-order valence-corrected chi connectivity index (χ0v) is 10.2. The molecule has 3 aromatic rings. The van der Waals surface area contributed by atoms with Crippen LogP contribution < -0.4 is 0 Å². The minimum Gasteiger partial charge on any atom is -0.507 e. The van der Waals surface area contributed by atoms with Gasteiger partial charge in [-0.2, -0.15) is 4.98 Å². The summed E-state index contributed by atoms with van der Waals surface area (Å²) < 4.78 is 5.08. The number of hydrogen-bond donors (Lipinski definition) is 1. The maximum absolute atomic E-state index is 9.78. The largest absolute Gasteiger partial charge is 0.507 e. The first-order chi connectivity index (χ1) is 9.24. The second-order valence-electron chi connectivity index (χ2n) is 3.66. The molecule has 94 valence electrons. The normalized spacial score (nSPS) is 10.6. The highest BCUT2D eigenvalue weighted by Crippen LogP contribution is 2.30. The molecule has 0 unspecified atom stereocenters. The van der Waals surface area contributed by atoms with Gasteiger partial charge in [0.2, 0.25) is 11.6 Å². The van der Waals surface area contributed by atoms with Crippen molar-refractivity contribution in [2.75, 3.05) is 0 Å². The SMILES string of the molecule is Oc1cc(Cl)ccc1-c1nc(-c2ncccn2)no1. The predicted octanol–water partition coefficient (Wildman–Crippen LogP) is 2.55. The third kappa shape index (κ3) is 2.25. The highest BCUT2D eigenvalue weighted by atomic mass is 35.5. The van der Waals surface area contributed by atoms with Gasteiger partial charge < -0.3 is 9.63 Å². The van der Waals surface area contributed by atoms with Crippen molar-refractivity contribution in [3.63, 3.8) is 0 Å². The van der Waals surface area contributed by atoms with E-state index in [1.165, 1.54) is 6.07 Å². The number of hydrogen-bond acceptors (Lipinski definition) is 6. The predicted molar refractivity (Wildman–Crippen MR) is 67.4 cm³/mol. The minimum atomic E-state index is -0.0309. The second-order valence-corrected chi connectivity index (χ2v) is 4.09. The Labute approximate surface area is 112 Å². The van der Waals surface area contributed by atoms with Crippen molar-refractivity contribution < 1.29 is 9.63 Å². The van der Waals surface area contributed by atoms with E-state index in [0.717, 1.165) is 0 Å². The fraction of sp³-hybridized carbons (Fsp3) is 0. The van der Waals surface area contributed by atoms with Crippen LogP contribution in [0.2, 0.25) is 5.02 Å². The molecule has 0 atom stereocenters. The van der Waals surface area contributed by atoms with E-state index in [1.807, 2.05) is 0 Å². The van der Waals surface area contributed by atoms with E-state index in [9.17, 15) is 5.11 Å². The van der Waals surface area contributed by atoms with Crippen LogP contribution in [0.15, 0.2) is 41.2 Å². The smallest absolute Gasteiger partial charge is 0.262 e.